The van der Waals surface area contributed by atoms with E-state index in [0.29, 0.717) is 26.1 Å². The number of carbonyl (C=O) groups excluding carboxylic acids is 3. The van der Waals surface area contributed by atoms with Gasteiger partial charge in [0.2, 0.25) is 17.7 Å². The zero-order chi connectivity index (χ0) is 25.4. The van der Waals surface area contributed by atoms with Gasteiger partial charge in [0.05, 0.1) is 12.2 Å². The third-order valence-electron chi connectivity index (χ3n) is 8.33. The van der Waals surface area contributed by atoms with Gasteiger partial charge in [-0.25, -0.2) is 4.68 Å². The summed E-state index contributed by atoms with van der Waals surface area (Å²) in [6.07, 6.45) is 6.60. The van der Waals surface area contributed by atoms with Crippen LogP contribution >= 0.6 is 0 Å². The summed E-state index contributed by atoms with van der Waals surface area (Å²) in [6.45, 7) is 2.03. The lowest BCUT2D eigenvalue weighted by Gasteiger charge is -2.34. The minimum Gasteiger partial charge on any atom is -0.341 e. The van der Waals surface area contributed by atoms with Crippen LogP contribution in [0.15, 0.2) is 73.1 Å². The Morgan fingerprint density at radius 2 is 1.76 bits per heavy atom. The van der Waals surface area contributed by atoms with Crippen molar-refractivity contribution in [2.75, 3.05) is 31.5 Å². The highest BCUT2D eigenvalue weighted by molar-refractivity contribution is 5.95. The average molecular weight is 498 g/mol. The number of anilines is 1. The van der Waals surface area contributed by atoms with E-state index < -0.39 is 0 Å². The van der Waals surface area contributed by atoms with Crippen molar-refractivity contribution in [3.05, 3.63) is 78.6 Å². The molecular weight excluding hydrogens is 466 g/mol. The fourth-order valence-electron chi connectivity index (χ4n) is 5.96. The van der Waals surface area contributed by atoms with Gasteiger partial charge in [-0.3, -0.25) is 14.4 Å². The molecule has 8 heteroatoms. The number of likely N-dealkylation sites (tertiary alicyclic amines) is 2. The van der Waals surface area contributed by atoms with Gasteiger partial charge in [-0.15, -0.1) is 0 Å². The highest BCUT2D eigenvalue weighted by atomic mass is 16.2. The maximum Gasteiger partial charge on any atom is 0.242 e. The Labute approximate surface area is 216 Å². The number of aromatic nitrogens is 2. The Bertz CT molecular complexity index is 1280. The first-order valence-electron chi connectivity index (χ1n) is 13.0. The molecule has 3 aromatic rings. The van der Waals surface area contributed by atoms with Crippen molar-refractivity contribution in [2.24, 2.45) is 11.3 Å². The fourth-order valence-corrected chi connectivity index (χ4v) is 5.96. The molecule has 0 radical (unpaired) electrons. The number of hydrogen-bond donors (Lipinski definition) is 1. The Balaban J connectivity index is 0.981. The van der Waals surface area contributed by atoms with Crippen LogP contribution in [0.4, 0.5) is 5.69 Å². The van der Waals surface area contributed by atoms with E-state index in [4.69, 9.17) is 0 Å². The second-order valence-electron chi connectivity index (χ2n) is 10.6. The van der Waals surface area contributed by atoms with Crippen LogP contribution < -0.4 is 5.32 Å². The van der Waals surface area contributed by atoms with Crippen LogP contribution in [0.3, 0.4) is 0 Å². The van der Waals surface area contributed by atoms with Crippen molar-refractivity contribution in [2.45, 2.75) is 31.6 Å². The predicted molar refractivity (Wildman–Crippen MR) is 139 cm³/mol. The molecule has 2 atom stereocenters. The van der Waals surface area contributed by atoms with Crippen molar-refractivity contribution >= 4 is 23.4 Å². The number of amides is 3. The second kappa shape index (κ2) is 9.50. The van der Waals surface area contributed by atoms with E-state index in [1.807, 2.05) is 71.8 Å². The number of piperidine rings is 1. The molecule has 6 rings (SSSR count). The summed E-state index contributed by atoms with van der Waals surface area (Å²) >= 11 is 0. The van der Waals surface area contributed by atoms with Gasteiger partial charge in [0.1, 0.15) is 0 Å². The predicted octanol–water partition coefficient (Wildman–Crippen LogP) is 3.46. The fraction of sp³-hybridized carbons (Fsp3) is 0.379. The van der Waals surface area contributed by atoms with Crippen LogP contribution in [-0.2, 0) is 14.4 Å². The summed E-state index contributed by atoms with van der Waals surface area (Å²) < 4.78 is 1.78. The number of benzene rings is 2. The van der Waals surface area contributed by atoms with Gasteiger partial charge in [-0.2, -0.15) is 5.10 Å². The Morgan fingerprint density at radius 1 is 1.00 bits per heavy atom. The van der Waals surface area contributed by atoms with E-state index >= 15 is 0 Å². The van der Waals surface area contributed by atoms with Crippen LogP contribution in [-0.4, -0.2) is 63.5 Å². The zero-order valence-electron chi connectivity index (χ0n) is 20.8. The van der Waals surface area contributed by atoms with Gasteiger partial charge in [-0.1, -0.05) is 30.3 Å². The molecule has 2 aromatic carbocycles. The first kappa shape index (κ1) is 23.5. The maximum absolute atomic E-state index is 13.0. The first-order valence-corrected chi connectivity index (χ1v) is 13.0. The quantitative estimate of drug-likeness (QED) is 0.565. The van der Waals surface area contributed by atoms with Crippen molar-refractivity contribution in [1.29, 1.82) is 0 Å². The normalized spacial score (nSPS) is 22.3. The molecule has 1 aromatic heterocycles. The molecule has 2 saturated heterocycles. The average Bonchev–Trinajstić information content (AvgIpc) is 3.22. The summed E-state index contributed by atoms with van der Waals surface area (Å²) in [5, 5.41) is 7.28. The van der Waals surface area contributed by atoms with Crippen LogP contribution in [0.25, 0.3) is 5.69 Å². The van der Waals surface area contributed by atoms with Gasteiger partial charge in [0.15, 0.2) is 0 Å². The molecule has 3 fully saturated rings. The highest BCUT2D eigenvalue weighted by Gasteiger charge is 2.58. The minimum absolute atomic E-state index is 0.00225. The second-order valence-corrected chi connectivity index (χ2v) is 10.6. The van der Waals surface area contributed by atoms with Crippen molar-refractivity contribution < 1.29 is 14.4 Å². The standard InChI is InChI=1S/C29H31N5O3/c35-26-17-22(21-5-2-1-3-6-21)19-33(26)20-27(36)32-15-11-29(12-16-32)18-25(29)28(37)31-23-7-9-24(10-8-23)34-14-4-13-30-34/h1-10,13-14,22,25H,11-12,15-20H2,(H,31,37)/t22-,25-/m0/s1. The zero-order valence-corrected chi connectivity index (χ0v) is 20.8. The summed E-state index contributed by atoms with van der Waals surface area (Å²) in [5.74, 6) is 0.255. The Kier molecular flexibility index (Phi) is 6.02. The summed E-state index contributed by atoms with van der Waals surface area (Å²) in [7, 11) is 0. The first-order chi connectivity index (χ1) is 18.0. The molecule has 0 bridgehead atoms. The van der Waals surface area contributed by atoms with E-state index in [1.54, 1.807) is 15.8 Å². The summed E-state index contributed by atoms with van der Waals surface area (Å²) in [4.78, 5) is 42.0. The summed E-state index contributed by atoms with van der Waals surface area (Å²) in [6, 6.07) is 19.6. The molecule has 2 aliphatic heterocycles. The SMILES string of the molecule is O=C(Nc1ccc(-n2cccn2)cc1)[C@@H]1CC12CCN(C(=O)CN1C[C@@H](c3ccccc3)CC1=O)CC2. The van der Waals surface area contributed by atoms with E-state index in [2.05, 4.69) is 10.4 Å². The lowest BCUT2D eigenvalue weighted by Crippen LogP contribution is -2.45. The molecule has 3 amide bonds. The summed E-state index contributed by atoms with van der Waals surface area (Å²) in [5.41, 5.74) is 2.86. The van der Waals surface area contributed by atoms with Gasteiger partial charge >= 0.3 is 0 Å². The smallest absolute Gasteiger partial charge is 0.242 e. The number of hydrogen-bond acceptors (Lipinski definition) is 4. The van der Waals surface area contributed by atoms with Gasteiger partial charge in [0, 0.05) is 56.0 Å². The van der Waals surface area contributed by atoms with E-state index in [9.17, 15) is 14.4 Å². The molecule has 1 aliphatic carbocycles. The Hall–Kier alpha value is -3.94. The van der Waals surface area contributed by atoms with E-state index in [1.165, 1.54) is 0 Å². The maximum atomic E-state index is 13.0. The lowest BCUT2D eigenvalue weighted by atomic mass is 9.90. The molecule has 1 spiro atoms. The number of carbonyl (C=O) groups is 3. The van der Waals surface area contributed by atoms with Crippen molar-refractivity contribution in [3.63, 3.8) is 0 Å². The van der Waals surface area contributed by atoms with Crippen LogP contribution in [0, 0.1) is 11.3 Å². The molecule has 190 valence electrons. The van der Waals surface area contributed by atoms with Gasteiger partial charge < -0.3 is 15.1 Å². The molecule has 8 nitrogen and oxygen atoms in total. The minimum atomic E-state index is -0.0117. The van der Waals surface area contributed by atoms with Crippen molar-refractivity contribution in [1.82, 2.24) is 19.6 Å². The molecular formula is C29H31N5O3. The van der Waals surface area contributed by atoms with E-state index in [-0.39, 0.29) is 41.5 Å². The molecule has 1 saturated carbocycles. The van der Waals surface area contributed by atoms with Crippen LogP contribution in [0.5, 0.6) is 0 Å². The largest absolute Gasteiger partial charge is 0.341 e. The molecule has 3 heterocycles. The topological polar surface area (TPSA) is 87.5 Å². The molecule has 0 unspecified atom stereocenters. The molecule has 3 aliphatic rings. The number of rotatable bonds is 6. The van der Waals surface area contributed by atoms with Gasteiger partial charge in [0.25, 0.3) is 0 Å². The number of nitrogens with one attached hydrogen (secondary N) is 1. The monoisotopic (exact) mass is 497 g/mol. The van der Waals surface area contributed by atoms with Crippen LogP contribution in [0.1, 0.15) is 37.2 Å². The molecule has 1 N–H and O–H groups in total. The van der Waals surface area contributed by atoms with Crippen LogP contribution in [0.2, 0.25) is 0 Å². The highest BCUT2D eigenvalue weighted by Crippen LogP contribution is 2.59. The lowest BCUT2D eigenvalue weighted by molar-refractivity contribution is -0.139. The third kappa shape index (κ3) is 4.75. The van der Waals surface area contributed by atoms with Crippen molar-refractivity contribution in [3.8, 4) is 5.69 Å². The Morgan fingerprint density at radius 3 is 2.46 bits per heavy atom. The number of nitrogens with zero attached hydrogens (tertiary/aromatic N) is 4. The molecule has 37 heavy (non-hydrogen) atoms. The van der Waals surface area contributed by atoms with E-state index in [0.717, 1.165) is 36.2 Å². The van der Waals surface area contributed by atoms with Gasteiger partial charge in [-0.05, 0) is 60.6 Å². The third-order valence-corrected chi connectivity index (χ3v) is 8.33.